The summed E-state index contributed by atoms with van der Waals surface area (Å²) in [4.78, 5) is 38.1. The number of allylic oxidation sites excluding steroid dienone is 4. The van der Waals surface area contributed by atoms with Gasteiger partial charge in [-0.1, -0.05) is 251 Å². The van der Waals surface area contributed by atoms with Crippen LogP contribution in [-0.4, -0.2) is 37.2 Å². The van der Waals surface area contributed by atoms with Crippen molar-refractivity contribution < 1.29 is 28.6 Å². The number of carbonyl (C=O) groups is 3. The van der Waals surface area contributed by atoms with Crippen molar-refractivity contribution in [2.45, 2.75) is 322 Å². The van der Waals surface area contributed by atoms with E-state index in [1.807, 2.05) is 0 Å². The van der Waals surface area contributed by atoms with Crippen LogP contribution in [-0.2, 0) is 28.6 Å². The minimum Gasteiger partial charge on any atom is -0.462 e. The Kier molecular flexibility index (Phi) is 52.7. The lowest BCUT2D eigenvalue weighted by molar-refractivity contribution is -0.167. The second kappa shape index (κ2) is 54.5. The molecule has 0 unspecified atom stereocenters. The fraction of sp³-hybridized carbons (Fsp3) is 0.881. The number of hydrogen-bond acceptors (Lipinski definition) is 6. The average Bonchev–Trinajstić information content (AvgIpc) is 3.30. The van der Waals surface area contributed by atoms with Gasteiger partial charge >= 0.3 is 17.9 Å². The fourth-order valence-corrected chi connectivity index (χ4v) is 8.55. The van der Waals surface area contributed by atoms with Gasteiger partial charge in [-0.05, 0) is 70.6 Å². The summed E-state index contributed by atoms with van der Waals surface area (Å²) in [6, 6.07) is 0. The third kappa shape index (κ3) is 52.7. The molecule has 0 aromatic rings. The highest BCUT2D eigenvalue weighted by atomic mass is 16.6. The van der Waals surface area contributed by atoms with Crippen molar-refractivity contribution in [3.63, 3.8) is 0 Å². The Morgan fingerprint density at radius 2 is 0.508 bits per heavy atom. The van der Waals surface area contributed by atoms with E-state index >= 15 is 0 Å². The van der Waals surface area contributed by atoms with E-state index in [9.17, 15) is 14.4 Å². The first-order valence-corrected chi connectivity index (χ1v) is 28.8. The van der Waals surface area contributed by atoms with E-state index < -0.39 is 6.10 Å². The molecule has 0 radical (unpaired) electrons. The molecule has 0 spiro atoms. The Balaban J connectivity index is 4.35. The summed E-state index contributed by atoms with van der Waals surface area (Å²) in [5, 5.41) is 0. The lowest BCUT2D eigenvalue weighted by Gasteiger charge is -2.18. The van der Waals surface area contributed by atoms with Crippen LogP contribution >= 0.6 is 0 Å². The maximum Gasteiger partial charge on any atom is 0.306 e. The van der Waals surface area contributed by atoms with Crippen LogP contribution in [0, 0.1) is 0 Å². The molecule has 0 saturated carbocycles. The third-order valence-electron chi connectivity index (χ3n) is 12.9. The molecule has 0 N–H and O–H groups in total. The van der Waals surface area contributed by atoms with Crippen LogP contribution < -0.4 is 0 Å². The highest BCUT2D eigenvalue weighted by molar-refractivity contribution is 5.71. The van der Waals surface area contributed by atoms with Gasteiger partial charge in [-0.15, -0.1) is 0 Å². The molecule has 0 aromatic carbocycles. The van der Waals surface area contributed by atoms with E-state index in [4.69, 9.17) is 14.2 Å². The van der Waals surface area contributed by atoms with Gasteiger partial charge in [0.25, 0.3) is 0 Å². The van der Waals surface area contributed by atoms with Gasteiger partial charge in [0.05, 0.1) is 0 Å². The van der Waals surface area contributed by atoms with Gasteiger partial charge in [-0.25, -0.2) is 0 Å². The van der Waals surface area contributed by atoms with E-state index in [1.165, 1.54) is 212 Å². The largest absolute Gasteiger partial charge is 0.462 e. The minimum atomic E-state index is -0.773. The number of hydrogen-bond donors (Lipinski definition) is 0. The summed E-state index contributed by atoms with van der Waals surface area (Å²) in [5.41, 5.74) is 0. The van der Waals surface area contributed by atoms with Crippen molar-refractivity contribution in [3.05, 3.63) is 24.3 Å². The molecule has 0 saturated heterocycles. The summed E-state index contributed by atoms with van der Waals surface area (Å²) < 4.78 is 16.9. The van der Waals surface area contributed by atoms with E-state index in [0.717, 1.165) is 64.2 Å². The summed E-state index contributed by atoms with van der Waals surface area (Å²) in [6.07, 6.45) is 63.0. The Labute approximate surface area is 404 Å². The summed E-state index contributed by atoms with van der Waals surface area (Å²) in [7, 11) is 0. The molecule has 0 aliphatic heterocycles. The van der Waals surface area contributed by atoms with Crippen molar-refractivity contribution >= 4 is 17.9 Å². The van der Waals surface area contributed by atoms with Gasteiger partial charge < -0.3 is 14.2 Å². The van der Waals surface area contributed by atoms with Crippen LogP contribution in [0.1, 0.15) is 316 Å². The highest BCUT2D eigenvalue weighted by Gasteiger charge is 2.19. The molecular formula is C59H110O6. The molecule has 0 fully saturated rings. The first-order valence-electron chi connectivity index (χ1n) is 28.8. The molecule has 1 atom stereocenters. The van der Waals surface area contributed by atoms with Crippen molar-refractivity contribution in [1.82, 2.24) is 0 Å². The topological polar surface area (TPSA) is 78.9 Å². The molecule has 0 rings (SSSR count). The summed E-state index contributed by atoms with van der Waals surface area (Å²) in [5.74, 6) is -0.865. The van der Waals surface area contributed by atoms with Crippen molar-refractivity contribution in [3.8, 4) is 0 Å². The molecule has 6 heteroatoms. The lowest BCUT2D eigenvalue weighted by Crippen LogP contribution is -2.30. The van der Waals surface area contributed by atoms with Crippen LogP contribution in [0.4, 0.5) is 0 Å². The number of esters is 3. The molecule has 6 nitrogen and oxygen atoms in total. The van der Waals surface area contributed by atoms with E-state index in [-0.39, 0.29) is 31.1 Å². The summed E-state index contributed by atoms with van der Waals surface area (Å²) >= 11 is 0. The zero-order valence-corrected chi connectivity index (χ0v) is 43.8. The molecule has 0 aliphatic carbocycles. The minimum absolute atomic E-state index is 0.0716. The lowest BCUT2D eigenvalue weighted by atomic mass is 10.0. The van der Waals surface area contributed by atoms with Crippen LogP contribution in [0.2, 0.25) is 0 Å². The first kappa shape index (κ1) is 62.9. The number of carbonyl (C=O) groups excluding carboxylic acids is 3. The Morgan fingerprint density at radius 1 is 0.292 bits per heavy atom. The maximum absolute atomic E-state index is 12.8. The molecule has 382 valence electrons. The molecule has 0 bridgehead atoms. The van der Waals surface area contributed by atoms with Crippen LogP contribution in [0.5, 0.6) is 0 Å². The van der Waals surface area contributed by atoms with Gasteiger partial charge in [0.1, 0.15) is 13.2 Å². The van der Waals surface area contributed by atoms with Crippen molar-refractivity contribution in [2.24, 2.45) is 0 Å². The standard InChI is InChI=1S/C59H110O6/c1-4-7-10-13-16-19-22-25-28-30-32-34-37-40-43-46-49-52-58(61)64-55-56(54-63-57(60)51-48-45-42-39-36-33-27-24-21-18-15-12-9-6-3)65-59(62)53-50-47-44-41-38-35-31-29-26-23-20-17-14-11-8-5-2/h25,28-29,31,56H,4-24,26-27,30,32-55H2,1-3H3/b28-25-,31-29-/t56-/m1/s1. The number of ether oxygens (including phenoxy) is 3. The molecule has 0 aliphatic rings. The quantitative estimate of drug-likeness (QED) is 0.0262. The van der Waals surface area contributed by atoms with E-state index in [0.29, 0.717) is 19.3 Å². The van der Waals surface area contributed by atoms with E-state index in [2.05, 4.69) is 45.1 Å². The third-order valence-corrected chi connectivity index (χ3v) is 12.9. The Bertz CT molecular complexity index is 1050. The first-order chi connectivity index (χ1) is 32.0. The van der Waals surface area contributed by atoms with Crippen LogP contribution in [0.25, 0.3) is 0 Å². The van der Waals surface area contributed by atoms with Crippen molar-refractivity contribution in [1.29, 1.82) is 0 Å². The molecule has 0 heterocycles. The normalized spacial score (nSPS) is 12.1. The number of unbranched alkanes of at least 4 members (excludes halogenated alkanes) is 38. The van der Waals surface area contributed by atoms with Gasteiger partial charge in [-0.2, -0.15) is 0 Å². The van der Waals surface area contributed by atoms with E-state index in [1.54, 1.807) is 0 Å². The second-order valence-electron chi connectivity index (χ2n) is 19.6. The van der Waals surface area contributed by atoms with Crippen LogP contribution in [0.3, 0.4) is 0 Å². The van der Waals surface area contributed by atoms with Crippen molar-refractivity contribution in [2.75, 3.05) is 13.2 Å². The fourth-order valence-electron chi connectivity index (χ4n) is 8.55. The monoisotopic (exact) mass is 915 g/mol. The zero-order valence-electron chi connectivity index (χ0n) is 43.8. The van der Waals surface area contributed by atoms with Gasteiger partial charge in [-0.3, -0.25) is 14.4 Å². The Hall–Kier alpha value is -2.11. The van der Waals surface area contributed by atoms with Crippen LogP contribution in [0.15, 0.2) is 24.3 Å². The molecular weight excluding hydrogens is 805 g/mol. The predicted molar refractivity (Wildman–Crippen MR) is 279 cm³/mol. The smallest absolute Gasteiger partial charge is 0.306 e. The molecule has 0 amide bonds. The van der Waals surface area contributed by atoms with Gasteiger partial charge in [0, 0.05) is 19.3 Å². The molecule has 65 heavy (non-hydrogen) atoms. The van der Waals surface area contributed by atoms with Gasteiger partial charge in [0.2, 0.25) is 0 Å². The maximum atomic E-state index is 12.8. The Morgan fingerprint density at radius 3 is 0.769 bits per heavy atom. The zero-order chi connectivity index (χ0) is 47.2. The highest BCUT2D eigenvalue weighted by Crippen LogP contribution is 2.16. The average molecular weight is 916 g/mol. The summed E-state index contributed by atoms with van der Waals surface area (Å²) in [6.45, 7) is 6.67. The number of rotatable bonds is 53. The molecule has 0 aromatic heterocycles. The predicted octanol–water partition coefficient (Wildman–Crippen LogP) is 19.1. The second-order valence-corrected chi connectivity index (χ2v) is 19.6. The van der Waals surface area contributed by atoms with Gasteiger partial charge in [0.15, 0.2) is 6.10 Å². The SMILES string of the molecule is CCCCCCCC/C=C\CCCCCCCCCC(=O)OC[C@@H](COC(=O)CCCCCCCCCCCCCCCC)OC(=O)CCCCCCC/C=C\CCCCCCCCC.